The first-order valence-corrected chi connectivity index (χ1v) is 8.74. The van der Waals surface area contributed by atoms with Crippen molar-refractivity contribution in [3.8, 4) is 0 Å². The fraction of sp³-hybridized carbons (Fsp3) is 0.167. The summed E-state index contributed by atoms with van der Waals surface area (Å²) in [6, 6.07) is 11.4. The highest BCUT2D eigenvalue weighted by molar-refractivity contribution is 7.80. The highest BCUT2D eigenvalue weighted by Crippen LogP contribution is 2.24. The van der Waals surface area contributed by atoms with E-state index in [9.17, 15) is 0 Å². The Morgan fingerprint density at radius 3 is 2.72 bits per heavy atom. The Bertz CT molecular complexity index is 856. The van der Waals surface area contributed by atoms with Crippen molar-refractivity contribution in [1.82, 2.24) is 15.3 Å². The Kier molecular flexibility index (Phi) is 5.98. The summed E-state index contributed by atoms with van der Waals surface area (Å²) in [4.78, 5) is 8.31. The first kappa shape index (κ1) is 17.4. The van der Waals surface area contributed by atoms with Crippen molar-refractivity contribution in [2.75, 3.05) is 23.7 Å². The van der Waals surface area contributed by atoms with Gasteiger partial charge < -0.3 is 16.0 Å². The van der Waals surface area contributed by atoms with Crippen LogP contribution in [0.5, 0.6) is 0 Å². The van der Waals surface area contributed by atoms with Crippen molar-refractivity contribution in [3.63, 3.8) is 0 Å². The van der Waals surface area contributed by atoms with Crippen LogP contribution in [0.15, 0.2) is 55.0 Å². The van der Waals surface area contributed by atoms with E-state index in [1.54, 1.807) is 18.6 Å². The van der Waals surface area contributed by atoms with Crippen molar-refractivity contribution in [2.45, 2.75) is 6.42 Å². The molecule has 0 unspecified atom stereocenters. The molecule has 3 N–H and O–H groups in total. The van der Waals surface area contributed by atoms with Crippen molar-refractivity contribution < 1.29 is 0 Å². The van der Waals surface area contributed by atoms with Crippen LogP contribution in [0.4, 0.5) is 11.4 Å². The third kappa shape index (κ3) is 5.01. The molecule has 5 nitrogen and oxygen atoms in total. The number of pyridine rings is 2. The minimum atomic E-state index is 0.607. The van der Waals surface area contributed by atoms with Crippen LogP contribution in [0.2, 0.25) is 5.02 Å². The molecule has 0 radical (unpaired) electrons. The van der Waals surface area contributed by atoms with E-state index in [2.05, 4.69) is 25.9 Å². The third-order valence-corrected chi connectivity index (χ3v) is 4.08. The quantitative estimate of drug-likeness (QED) is 0.448. The monoisotopic (exact) mass is 371 g/mol. The summed E-state index contributed by atoms with van der Waals surface area (Å²) in [6.07, 6.45) is 6.16. The van der Waals surface area contributed by atoms with Gasteiger partial charge in [-0.25, -0.2) is 0 Å². The lowest BCUT2D eigenvalue weighted by Gasteiger charge is -2.12. The topological polar surface area (TPSA) is 61.9 Å². The van der Waals surface area contributed by atoms with E-state index in [-0.39, 0.29) is 0 Å². The van der Waals surface area contributed by atoms with Crippen molar-refractivity contribution >= 4 is 51.2 Å². The molecule has 3 aromatic rings. The molecule has 2 aromatic heterocycles. The Balaban J connectivity index is 1.44. The van der Waals surface area contributed by atoms with Gasteiger partial charge in [0.1, 0.15) is 0 Å². The summed E-state index contributed by atoms with van der Waals surface area (Å²) in [5.74, 6) is 0. The van der Waals surface area contributed by atoms with Crippen LogP contribution in [0.3, 0.4) is 0 Å². The minimum Gasteiger partial charge on any atom is -0.384 e. The fourth-order valence-corrected chi connectivity index (χ4v) is 2.79. The molecule has 0 amide bonds. The number of nitrogens with one attached hydrogen (secondary N) is 3. The van der Waals surface area contributed by atoms with Crippen LogP contribution in [0, 0.1) is 0 Å². The largest absolute Gasteiger partial charge is 0.384 e. The third-order valence-electron chi connectivity index (χ3n) is 3.60. The molecule has 0 atom stereocenters. The van der Waals surface area contributed by atoms with E-state index in [1.807, 2.05) is 36.4 Å². The van der Waals surface area contributed by atoms with E-state index in [0.717, 1.165) is 41.8 Å². The average Bonchev–Trinajstić information content (AvgIpc) is 2.62. The second kappa shape index (κ2) is 8.60. The van der Waals surface area contributed by atoms with Crippen LogP contribution >= 0.6 is 23.8 Å². The van der Waals surface area contributed by atoms with Crippen LogP contribution in [-0.2, 0) is 0 Å². The number of halogens is 1. The molecule has 0 bridgehead atoms. The molecule has 0 aliphatic carbocycles. The van der Waals surface area contributed by atoms with E-state index in [4.69, 9.17) is 23.8 Å². The van der Waals surface area contributed by atoms with Gasteiger partial charge in [0.25, 0.3) is 0 Å². The molecule has 7 heteroatoms. The van der Waals surface area contributed by atoms with Crippen LogP contribution in [0.25, 0.3) is 10.9 Å². The normalized spacial score (nSPS) is 10.4. The van der Waals surface area contributed by atoms with Gasteiger partial charge in [0.2, 0.25) is 0 Å². The smallest absolute Gasteiger partial charge is 0.170 e. The number of fused-ring (bicyclic) bond motifs is 1. The second-order valence-corrected chi connectivity index (χ2v) is 6.26. The van der Waals surface area contributed by atoms with Gasteiger partial charge in [-0.1, -0.05) is 11.6 Å². The van der Waals surface area contributed by atoms with Gasteiger partial charge in [-0.05, 0) is 55.0 Å². The lowest BCUT2D eigenvalue weighted by atomic mass is 10.2. The summed E-state index contributed by atoms with van der Waals surface area (Å²) < 4.78 is 0. The molecule has 0 fully saturated rings. The maximum Gasteiger partial charge on any atom is 0.170 e. The van der Waals surface area contributed by atoms with Gasteiger partial charge in [-0.2, -0.15) is 0 Å². The summed E-state index contributed by atoms with van der Waals surface area (Å²) in [6.45, 7) is 1.60. The zero-order valence-corrected chi connectivity index (χ0v) is 15.1. The summed E-state index contributed by atoms with van der Waals surface area (Å²) in [5, 5.41) is 12.1. The molecule has 2 heterocycles. The van der Waals surface area contributed by atoms with Crippen molar-refractivity contribution in [2.24, 2.45) is 0 Å². The zero-order valence-electron chi connectivity index (χ0n) is 13.5. The van der Waals surface area contributed by atoms with Gasteiger partial charge >= 0.3 is 0 Å². The number of hydrogen-bond acceptors (Lipinski definition) is 4. The Morgan fingerprint density at radius 1 is 1.04 bits per heavy atom. The first-order valence-electron chi connectivity index (χ1n) is 7.95. The maximum absolute atomic E-state index is 6.01. The van der Waals surface area contributed by atoms with E-state index < -0.39 is 0 Å². The molecule has 0 spiro atoms. The molecule has 1 aromatic carbocycles. The second-order valence-electron chi connectivity index (χ2n) is 5.42. The molecule has 0 aliphatic rings. The Labute approximate surface area is 156 Å². The zero-order chi connectivity index (χ0) is 17.5. The van der Waals surface area contributed by atoms with Crippen LogP contribution in [-0.4, -0.2) is 28.2 Å². The number of hydrogen-bond donors (Lipinski definition) is 3. The highest BCUT2D eigenvalue weighted by Gasteiger charge is 2.02. The average molecular weight is 372 g/mol. The van der Waals surface area contributed by atoms with E-state index in [0.29, 0.717) is 10.1 Å². The lowest BCUT2D eigenvalue weighted by molar-refractivity contribution is 0.809. The van der Waals surface area contributed by atoms with Crippen molar-refractivity contribution in [3.05, 3.63) is 60.0 Å². The summed E-state index contributed by atoms with van der Waals surface area (Å²) in [7, 11) is 0. The molecule has 3 rings (SSSR count). The number of thiocarbonyl (C=S) groups is 1. The summed E-state index contributed by atoms with van der Waals surface area (Å²) >= 11 is 11.3. The molecule has 0 saturated heterocycles. The van der Waals surface area contributed by atoms with Gasteiger partial charge in [0.05, 0.1) is 5.52 Å². The molecule has 128 valence electrons. The number of nitrogens with zero attached hydrogens (tertiary/aromatic N) is 2. The number of rotatable bonds is 6. The minimum absolute atomic E-state index is 0.607. The SMILES string of the molecule is S=C(NCCCNc1ccnc2cc(Cl)ccc12)Nc1ccncc1. The highest BCUT2D eigenvalue weighted by atomic mass is 35.5. The molecule has 0 aliphatic heterocycles. The predicted octanol–water partition coefficient (Wildman–Crippen LogP) is 4.07. The first-order chi connectivity index (χ1) is 12.2. The Morgan fingerprint density at radius 2 is 1.88 bits per heavy atom. The van der Waals surface area contributed by atoms with Crippen LogP contribution < -0.4 is 16.0 Å². The van der Waals surface area contributed by atoms with Crippen molar-refractivity contribution in [1.29, 1.82) is 0 Å². The van der Waals surface area contributed by atoms with Gasteiger partial charge in [0, 0.05) is 53.5 Å². The molecule has 0 saturated carbocycles. The van der Waals surface area contributed by atoms with E-state index in [1.165, 1.54) is 0 Å². The molecule has 25 heavy (non-hydrogen) atoms. The van der Waals surface area contributed by atoms with Gasteiger partial charge in [-0.15, -0.1) is 0 Å². The number of benzene rings is 1. The standard InChI is InChI=1S/C18H18ClN5S/c19-13-2-3-15-16(6-11-22-17(15)12-13)21-7-1-8-23-18(25)24-14-4-9-20-10-5-14/h2-6,9-12H,1,7-8H2,(H,21,22)(H2,20,23,24,25). The number of anilines is 2. The predicted molar refractivity (Wildman–Crippen MR) is 108 cm³/mol. The van der Waals surface area contributed by atoms with Crippen LogP contribution in [0.1, 0.15) is 6.42 Å². The molecular weight excluding hydrogens is 354 g/mol. The fourth-order valence-electron chi connectivity index (χ4n) is 2.40. The maximum atomic E-state index is 6.01. The lowest BCUT2D eigenvalue weighted by Crippen LogP contribution is -2.30. The molecular formula is C18H18ClN5S. The summed E-state index contributed by atoms with van der Waals surface area (Å²) in [5.41, 5.74) is 2.87. The van der Waals surface area contributed by atoms with E-state index >= 15 is 0 Å². The Hall–Kier alpha value is -2.44. The van der Waals surface area contributed by atoms with Gasteiger partial charge in [0.15, 0.2) is 5.11 Å². The number of aromatic nitrogens is 2. The van der Waals surface area contributed by atoms with Gasteiger partial charge in [-0.3, -0.25) is 9.97 Å².